The quantitative estimate of drug-likeness (QED) is 0.606. The highest BCUT2D eigenvalue weighted by atomic mass is 19.1. The molecule has 0 saturated carbocycles. The molecule has 150 valence electrons. The molecule has 0 fully saturated rings. The van der Waals surface area contributed by atoms with Gasteiger partial charge in [-0.15, -0.1) is 5.10 Å². The van der Waals surface area contributed by atoms with Crippen molar-refractivity contribution >= 4 is 17.5 Å². The van der Waals surface area contributed by atoms with Gasteiger partial charge in [0.15, 0.2) is 5.69 Å². The minimum atomic E-state index is -0.411. The molecule has 0 saturated heterocycles. The fourth-order valence-corrected chi connectivity index (χ4v) is 2.57. The molecule has 3 aromatic rings. The van der Waals surface area contributed by atoms with Gasteiger partial charge in [-0.2, -0.15) is 0 Å². The van der Waals surface area contributed by atoms with Gasteiger partial charge in [-0.1, -0.05) is 23.4 Å². The van der Waals surface area contributed by atoms with Gasteiger partial charge >= 0.3 is 0 Å². The van der Waals surface area contributed by atoms with Crippen LogP contribution in [-0.2, 0) is 17.8 Å². The van der Waals surface area contributed by atoms with E-state index in [1.54, 1.807) is 49.6 Å². The van der Waals surface area contributed by atoms with Crippen LogP contribution in [0, 0.1) is 5.82 Å². The summed E-state index contributed by atoms with van der Waals surface area (Å²) in [5.41, 5.74) is 1.09. The van der Waals surface area contributed by atoms with Gasteiger partial charge < -0.3 is 15.4 Å². The molecule has 1 heterocycles. The first-order valence-electron chi connectivity index (χ1n) is 8.91. The number of halogens is 1. The second kappa shape index (κ2) is 9.45. The third-order valence-electron chi connectivity index (χ3n) is 4.09. The highest BCUT2D eigenvalue weighted by Gasteiger charge is 2.12. The third-order valence-corrected chi connectivity index (χ3v) is 4.09. The van der Waals surface area contributed by atoms with Gasteiger partial charge in [0.25, 0.3) is 5.91 Å². The molecule has 2 N–H and O–H groups in total. The number of hydrogen-bond acceptors (Lipinski definition) is 5. The van der Waals surface area contributed by atoms with Crippen LogP contribution < -0.4 is 15.4 Å². The third kappa shape index (κ3) is 5.61. The molecule has 0 bridgehead atoms. The first-order valence-corrected chi connectivity index (χ1v) is 8.91. The van der Waals surface area contributed by atoms with E-state index in [1.807, 2.05) is 0 Å². The zero-order valence-corrected chi connectivity index (χ0v) is 15.8. The van der Waals surface area contributed by atoms with Crippen molar-refractivity contribution in [3.05, 3.63) is 71.8 Å². The Kier molecular flexibility index (Phi) is 6.51. The number of benzene rings is 2. The van der Waals surface area contributed by atoms with Crippen molar-refractivity contribution in [2.24, 2.45) is 0 Å². The zero-order chi connectivity index (χ0) is 20.6. The molecule has 0 aliphatic heterocycles. The maximum absolute atomic E-state index is 13.6. The van der Waals surface area contributed by atoms with Gasteiger partial charge in [-0.3, -0.25) is 9.59 Å². The Morgan fingerprint density at radius 2 is 1.90 bits per heavy atom. The lowest BCUT2D eigenvalue weighted by molar-refractivity contribution is -0.120. The van der Waals surface area contributed by atoms with Crippen LogP contribution in [0.2, 0.25) is 0 Å². The maximum Gasteiger partial charge on any atom is 0.277 e. The molecular weight excluding hydrogens is 377 g/mol. The molecular formula is C20H20FN5O3. The highest BCUT2D eigenvalue weighted by Crippen LogP contribution is 2.15. The zero-order valence-electron chi connectivity index (χ0n) is 15.8. The molecule has 1 aromatic heterocycles. The second-order valence-corrected chi connectivity index (χ2v) is 6.17. The summed E-state index contributed by atoms with van der Waals surface area (Å²) in [4.78, 5) is 24.2. The highest BCUT2D eigenvalue weighted by molar-refractivity contribution is 6.02. The van der Waals surface area contributed by atoms with E-state index in [9.17, 15) is 14.0 Å². The Morgan fingerprint density at radius 3 is 2.62 bits per heavy atom. The number of carbonyl (C=O) groups is 2. The molecule has 0 unspecified atom stereocenters. The number of anilines is 1. The number of methoxy groups -OCH3 is 1. The summed E-state index contributed by atoms with van der Waals surface area (Å²) in [6, 6.07) is 13.0. The van der Waals surface area contributed by atoms with E-state index in [-0.39, 0.29) is 24.6 Å². The second-order valence-electron chi connectivity index (χ2n) is 6.17. The Balaban J connectivity index is 1.46. The van der Waals surface area contributed by atoms with Gasteiger partial charge in [-0.05, 0) is 35.9 Å². The summed E-state index contributed by atoms with van der Waals surface area (Å²) < 4.78 is 20.1. The van der Waals surface area contributed by atoms with Crippen LogP contribution in [0.15, 0.2) is 54.7 Å². The average Bonchev–Trinajstić information content (AvgIpc) is 3.19. The van der Waals surface area contributed by atoms with Crippen molar-refractivity contribution in [2.75, 3.05) is 19.0 Å². The Hall–Kier alpha value is -3.75. The van der Waals surface area contributed by atoms with Gasteiger partial charge in [0, 0.05) is 12.2 Å². The fourth-order valence-electron chi connectivity index (χ4n) is 2.57. The van der Waals surface area contributed by atoms with Crippen LogP contribution >= 0.6 is 0 Å². The molecule has 2 amide bonds. The molecule has 2 aromatic carbocycles. The topological polar surface area (TPSA) is 98.1 Å². The lowest BCUT2D eigenvalue weighted by atomic mass is 10.1. The number of nitrogens with one attached hydrogen (secondary N) is 2. The van der Waals surface area contributed by atoms with E-state index < -0.39 is 11.7 Å². The predicted molar refractivity (Wildman–Crippen MR) is 104 cm³/mol. The Morgan fingerprint density at radius 1 is 1.14 bits per heavy atom. The SMILES string of the molecule is COc1ccc(NC(=O)c2cn(CCNC(=O)Cc3ccccc3F)nn2)cc1. The number of carbonyl (C=O) groups excluding carboxylic acids is 2. The minimum absolute atomic E-state index is 0.0421. The summed E-state index contributed by atoms with van der Waals surface area (Å²) in [6.45, 7) is 0.599. The molecule has 0 atom stereocenters. The van der Waals surface area contributed by atoms with E-state index in [0.29, 0.717) is 23.5 Å². The molecule has 0 aliphatic carbocycles. The Bertz CT molecular complexity index is 988. The smallest absolute Gasteiger partial charge is 0.277 e. The standard InChI is InChI=1S/C20H20FN5O3/c1-29-16-8-6-15(7-9-16)23-20(28)18-13-26(25-24-18)11-10-22-19(27)12-14-4-2-3-5-17(14)21/h2-9,13H,10-12H2,1H3,(H,22,27)(H,23,28). The average molecular weight is 397 g/mol. The van der Waals surface area contributed by atoms with Crippen molar-refractivity contribution in [1.29, 1.82) is 0 Å². The van der Waals surface area contributed by atoms with Crippen molar-refractivity contribution in [1.82, 2.24) is 20.3 Å². The molecule has 0 aliphatic rings. The summed E-state index contributed by atoms with van der Waals surface area (Å²) in [5.74, 6) is -0.421. The van der Waals surface area contributed by atoms with Crippen LogP contribution in [0.5, 0.6) is 5.75 Å². The number of ether oxygens (including phenoxy) is 1. The predicted octanol–water partition coefficient (Wildman–Crippen LogP) is 2.04. The van der Waals surface area contributed by atoms with E-state index in [2.05, 4.69) is 20.9 Å². The van der Waals surface area contributed by atoms with Crippen LogP contribution in [0.25, 0.3) is 0 Å². The summed E-state index contributed by atoms with van der Waals surface area (Å²) >= 11 is 0. The van der Waals surface area contributed by atoms with E-state index in [0.717, 1.165) is 0 Å². The molecule has 9 heteroatoms. The molecule has 0 radical (unpaired) electrons. The number of nitrogens with zero attached hydrogens (tertiary/aromatic N) is 3. The largest absolute Gasteiger partial charge is 0.497 e. The minimum Gasteiger partial charge on any atom is -0.497 e. The Labute approximate surface area is 166 Å². The van der Waals surface area contributed by atoms with Gasteiger partial charge in [0.1, 0.15) is 11.6 Å². The molecule has 29 heavy (non-hydrogen) atoms. The molecule has 3 rings (SSSR count). The lowest BCUT2D eigenvalue weighted by Gasteiger charge is -2.06. The number of rotatable bonds is 8. The molecule has 8 nitrogen and oxygen atoms in total. The number of hydrogen-bond donors (Lipinski definition) is 2. The van der Waals surface area contributed by atoms with E-state index in [1.165, 1.54) is 16.9 Å². The van der Waals surface area contributed by atoms with Gasteiger partial charge in [0.2, 0.25) is 5.91 Å². The first kappa shape index (κ1) is 20.0. The van der Waals surface area contributed by atoms with Crippen molar-refractivity contribution < 1.29 is 18.7 Å². The van der Waals surface area contributed by atoms with Gasteiger partial charge in [0.05, 0.1) is 26.3 Å². The summed E-state index contributed by atoms with van der Waals surface area (Å²) in [5, 5.41) is 13.1. The summed E-state index contributed by atoms with van der Waals surface area (Å²) in [7, 11) is 1.56. The van der Waals surface area contributed by atoms with Crippen LogP contribution in [0.1, 0.15) is 16.1 Å². The van der Waals surface area contributed by atoms with Crippen molar-refractivity contribution in [3.63, 3.8) is 0 Å². The number of aromatic nitrogens is 3. The monoisotopic (exact) mass is 397 g/mol. The van der Waals surface area contributed by atoms with Crippen LogP contribution in [0.3, 0.4) is 0 Å². The summed E-state index contributed by atoms with van der Waals surface area (Å²) in [6.07, 6.45) is 1.45. The van der Waals surface area contributed by atoms with E-state index in [4.69, 9.17) is 4.74 Å². The van der Waals surface area contributed by atoms with Crippen molar-refractivity contribution in [2.45, 2.75) is 13.0 Å². The van der Waals surface area contributed by atoms with E-state index >= 15 is 0 Å². The van der Waals surface area contributed by atoms with Crippen molar-refractivity contribution in [3.8, 4) is 5.75 Å². The maximum atomic E-state index is 13.6. The molecule has 0 spiro atoms. The fraction of sp³-hybridized carbons (Fsp3) is 0.200. The van der Waals surface area contributed by atoms with Crippen LogP contribution in [-0.4, -0.2) is 40.5 Å². The lowest BCUT2D eigenvalue weighted by Crippen LogP contribution is -2.29. The van der Waals surface area contributed by atoms with Gasteiger partial charge in [-0.25, -0.2) is 9.07 Å². The van der Waals surface area contributed by atoms with Crippen LogP contribution in [0.4, 0.5) is 10.1 Å². The number of amides is 2. The normalized spacial score (nSPS) is 10.4. The first-order chi connectivity index (χ1) is 14.0.